The lowest BCUT2D eigenvalue weighted by Crippen LogP contribution is -2.18. The molecular weight excluding hydrogens is 525 g/mol. The Morgan fingerprint density at radius 1 is 0.605 bits per heavy atom. The molecule has 0 aliphatic heterocycles. The fraction of sp³-hybridized carbons (Fsp3) is 0.132. The molecule has 3 heterocycles. The van der Waals surface area contributed by atoms with Crippen molar-refractivity contribution in [2.24, 2.45) is 0 Å². The first-order valence-corrected chi connectivity index (χ1v) is 14.8. The molecule has 0 saturated heterocycles. The molecule has 0 bridgehead atoms. The van der Waals surface area contributed by atoms with Crippen LogP contribution >= 0.6 is 0 Å². The van der Waals surface area contributed by atoms with Gasteiger partial charge in [-0.15, -0.1) is 0 Å². The molecule has 6 rings (SSSR count). The molecule has 4 nitrogen and oxygen atoms in total. The summed E-state index contributed by atoms with van der Waals surface area (Å²) in [5, 5.41) is 0. The van der Waals surface area contributed by atoms with Crippen LogP contribution in [0.25, 0.3) is 45.0 Å². The van der Waals surface area contributed by atoms with Gasteiger partial charge in [-0.2, -0.15) is 0 Å². The van der Waals surface area contributed by atoms with Gasteiger partial charge in [0.25, 0.3) is 0 Å². The molecule has 0 saturated carbocycles. The van der Waals surface area contributed by atoms with Gasteiger partial charge < -0.3 is 4.65 Å². The number of benzene rings is 3. The van der Waals surface area contributed by atoms with Crippen LogP contribution in [0.2, 0.25) is 0 Å². The van der Waals surface area contributed by atoms with Crippen LogP contribution in [0, 0.1) is 6.92 Å². The van der Waals surface area contributed by atoms with Crippen molar-refractivity contribution in [1.29, 1.82) is 0 Å². The van der Waals surface area contributed by atoms with Gasteiger partial charge in [-0.1, -0.05) is 84.3 Å². The average Bonchev–Trinajstić information content (AvgIpc) is 3.07. The zero-order valence-corrected chi connectivity index (χ0v) is 24.6. The van der Waals surface area contributed by atoms with Crippen LogP contribution in [0.3, 0.4) is 0 Å². The maximum Gasteiger partial charge on any atom is 0.329 e. The molecule has 0 aliphatic rings. The van der Waals surface area contributed by atoms with Gasteiger partial charge in [-0.3, -0.25) is 9.97 Å². The fourth-order valence-corrected chi connectivity index (χ4v) is 5.36. The lowest BCUT2D eigenvalue weighted by molar-refractivity contribution is 0.367. The van der Waals surface area contributed by atoms with Gasteiger partial charge in [0, 0.05) is 19.0 Å². The van der Waals surface area contributed by atoms with Gasteiger partial charge in [0.2, 0.25) is 0 Å². The minimum atomic E-state index is 0.655. The molecule has 5 heteroatoms. The lowest BCUT2D eigenvalue weighted by Gasteiger charge is -2.15. The molecule has 3 aromatic heterocycles. The normalized spacial score (nSPS) is 10.9. The zero-order valence-electron chi connectivity index (χ0n) is 24.6. The Bertz CT molecular complexity index is 1770. The van der Waals surface area contributed by atoms with E-state index in [2.05, 4.69) is 95.8 Å². The van der Waals surface area contributed by atoms with Gasteiger partial charge in [0.15, 0.2) is 0 Å². The van der Waals surface area contributed by atoms with E-state index in [-0.39, 0.29) is 0 Å². The first kappa shape index (κ1) is 28.3. The summed E-state index contributed by atoms with van der Waals surface area (Å²) >= 11 is 0. The lowest BCUT2D eigenvalue weighted by atomic mass is 9.82. The van der Waals surface area contributed by atoms with Crippen molar-refractivity contribution in [2.75, 3.05) is 6.61 Å². The molecule has 0 spiro atoms. The molecule has 0 fully saturated rings. The zero-order chi connectivity index (χ0) is 29.4. The molecule has 209 valence electrons. The Morgan fingerprint density at radius 2 is 1.33 bits per heavy atom. The van der Waals surface area contributed by atoms with Crippen molar-refractivity contribution in [3.63, 3.8) is 0 Å². The van der Waals surface area contributed by atoms with E-state index >= 15 is 0 Å². The first-order valence-electron chi connectivity index (χ1n) is 14.8. The summed E-state index contributed by atoms with van der Waals surface area (Å²) in [6, 6.07) is 40.1. The summed E-state index contributed by atoms with van der Waals surface area (Å²) in [6.45, 7) is 4.84. The van der Waals surface area contributed by atoms with E-state index in [1.165, 1.54) is 27.8 Å². The topological polar surface area (TPSA) is 47.9 Å². The molecule has 1 radical (unpaired) electrons. The minimum Gasteiger partial charge on any atom is -0.434 e. The third-order valence-corrected chi connectivity index (χ3v) is 7.58. The Labute approximate surface area is 254 Å². The maximum atomic E-state index is 5.60. The Hall–Kier alpha value is -4.87. The number of nitrogens with zero attached hydrogens (tertiary/aromatic N) is 3. The third kappa shape index (κ3) is 6.80. The monoisotopic (exact) mass is 558 g/mol. The Balaban J connectivity index is 1.32. The molecule has 3 aromatic carbocycles. The quantitative estimate of drug-likeness (QED) is 0.160. The molecular formula is C38H33BN3O. The number of pyridine rings is 3. The average molecular weight is 559 g/mol. The number of aromatic nitrogens is 3. The van der Waals surface area contributed by atoms with Crippen molar-refractivity contribution in [1.82, 2.24) is 15.0 Å². The molecule has 0 aliphatic carbocycles. The second kappa shape index (κ2) is 13.4. The van der Waals surface area contributed by atoms with Gasteiger partial charge in [0.05, 0.1) is 22.8 Å². The van der Waals surface area contributed by atoms with Gasteiger partial charge in [-0.05, 0) is 102 Å². The van der Waals surface area contributed by atoms with E-state index in [9.17, 15) is 0 Å². The maximum absolute atomic E-state index is 5.60. The van der Waals surface area contributed by atoms with Crippen LogP contribution in [0.1, 0.15) is 23.6 Å². The minimum absolute atomic E-state index is 0.655. The van der Waals surface area contributed by atoms with Crippen LogP contribution in [0.5, 0.6) is 0 Å². The largest absolute Gasteiger partial charge is 0.434 e. The summed E-state index contributed by atoms with van der Waals surface area (Å²) in [6.07, 6.45) is 5.46. The third-order valence-electron chi connectivity index (χ3n) is 7.58. The second-order valence-corrected chi connectivity index (χ2v) is 10.6. The summed E-state index contributed by atoms with van der Waals surface area (Å²) in [5.41, 5.74) is 13.1. The van der Waals surface area contributed by atoms with Crippen LogP contribution < -0.4 is 5.46 Å². The molecule has 0 N–H and O–H groups in total. The van der Waals surface area contributed by atoms with Gasteiger partial charge in [0.1, 0.15) is 0 Å². The van der Waals surface area contributed by atoms with Gasteiger partial charge >= 0.3 is 7.48 Å². The van der Waals surface area contributed by atoms with Crippen LogP contribution in [0.4, 0.5) is 0 Å². The number of hydrogen-bond donors (Lipinski definition) is 0. The highest BCUT2D eigenvalue weighted by Gasteiger charge is 2.13. The summed E-state index contributed by atoms with van der Waals surface area (Å²) in [7, 11) is 1.85. The molecule has 0 amide bonds. The first-order chi connectivity index (χ1) is 21.2. The molecule has 43 heavy (non-hydrogen) atoms. The molecule has 6 aromatic rings. The van der Waals surface area contributed by atoms with Crippen molar-refractivity contribution in [3.05, 3.63) is 144 Å². The Morgan fingerprint density at radius 3 is 2.00 bits per heavy atom. The predicted octanol–water partition coefficient (Wildman–Crippen LogP) is 7.91. The van der Waals surface area contributed by atoms with E-state index in [1.54, 1.807) is 12.4 Å². The summed E-state index contributed by atoms with van der Waals surface area (Å²) < 4.78 is 5.60. The standard InChI is InChI=1S/C38H33BN3O/c1-3-43-39-32-20-19-29(34(26-32)33-14-5-4-11-27(33)2)18-17-28-12-10-13-30(23-28)31-24-37(35-15-6-8-21-40-35)42-38(25-31)36-16-7-9-22-41-36/h4-16,19-26H,3,17-18H2,1-2H3. The summed E-state index contributed by atoms with van der Waals surface area (Å²) in [4.78, 5) is 14.1. The van der Waals surface area contributed by atoms with Crippen molar-refractivity contribution in [3.8, 4) is 45.0 Å². The number of aryl methyl sites for hydroxylation is 3. The van der Waals surface area contributed by atoms with E-state index in [0.717, 1.165) is 52.2 Å². The smallest absolute Gasteiger partial charge is 0.329 e. The van der Waals surface area contributed by atoms with Crippen molar-refractivity contribution in [2.45, 2.75) is 26.7 Å². The Kier molecular flexibility index (Phi) is 8.81. The van der Waals surface area contributed by atoms with E-state index in [4.69, 9.17) is 9.64 Å². The molecule has 0 unspecified atom stereocenters. The SMILES string of the molecule is CCO[B]c1ccc(CCc2cccc(-c3cc(-c4ccccn4)nc(-c4ccccn4)c3)c2)c(-c2ccccc2C)c1. The van der Waals surface area contributed by atoms with Crippen molar-refractivity contribution >= 4 is 12.9 Å². The van der Waals surface area contributed by atoms with Crippen LogP contribution in [-0.2, 0) is 17.5 Å². The highest BCUT2D eigenvalue weighted by atomic mass is 16.4. The number of hydrogen-bond acceptors (Lipinski definition) is 4. The van der Waals surface area contributed by atoms with E-state index < -0.39 is 0 Å². The predicted molar refractivity (Wildman–Crippen MR) is 177 cm³/mol. The van der Waals surface area contributed by atoms with Crippen LogP contribution in [-0.4, -0.2) is 29.0 Å². The van der Waals surface area contributed by atoms with Crippen LogP contribution in [0.15, 0.2) is 128 Å². The highest BCUT2D eigenvalue weighted by Crippen LogP contribution is 2.31. The van der Waals surface area contributed by atoms with E-state index in [0.29, 0.717) is 6.61 Å². The fourth-order valence-electron chi connectivity index (χ4n) is 5.36. The summed E-state index contributed by atoms with van der Waals surface area (Å²) in [5.74, 6) is 0. The number of rotatable bonds is 10. The van der Waals surface area contributed by atoms with E-state index in [1.807, 2.05) is 50.8 Å². The van der Waals surface area contributed by atoms with Gasteiger partial charge in [-0.25, -0.2) is 4.98 Å². The highest BCUT2D eigenvalue weighted by molar-refractivity contribution is 6.47. The molecule has 0 atom stereocenters. The van der Waals surface area contributed by atoms with Crippen molar-refractivity contribution < 1.29 is 4.65 Å². The second-order valence-electron chi connectivity index (χ2n) is 10.6.